The van der Waals surface area contributed by atoms with E-state index in [4.69, 9.17) is 13.6 Å². The highest BCUT2D eigenvalue weighted by molar-refractivity contribution is 7.49. The lowest BCUT2D eigenvalue weighted by Crippen LogP contribution is -2.14. The maximum absolute atomic E-state index is 15.8. The molecule has 0 radical (unpaired) electrons. The van der Waals surface area contributed by atoms with E-state index in [-0.39, 0.29) is 36.0 Å². The zero-order valence-corrected chi connectivity index (χ0v) is 27.0. The molecule has 0 aliphatic rings. The Morgan fingerprint density at radius 2 is 0.750 bits per heavy atom. The monoisotopic (exact) mass is 638 g/mol. The van der Waals surface area contributed by atoms with Crippen LogP contribution in [0.1, 0.15) is 91.6 Å². The van der Waals surface area contributed by atoms with Crippen LogP contribution in [0.15, 0.2) is 18.2 Å². The van der Waals surface area contributed by atoms with E-state index in [9.17, 15) is 19.9 Å². The van der Waals surface area contributed by atoms with Crippen LogP contribution in [-0.2, 0) is 62.9 Å². The fourth-order valence-corrected chi connectivity index (χ4v) is 6.84. The van der Waals surface area contributed by atoms with Crippen molar-refractivity contribution in [3.05, 3.63) is 85.7 Å². The van der Waals surface area contributed by atoms with Crippen LogP contribution >= 0.6 is 7.82 Å². The number of halogens is 3. The second-order valence-corrected chi connectivity index (χ2v) is 11.7. The summed E-state index contributed by atoms with van der Waals surface area (Å²) in [5.41, 5.74) is 3.07. The maximum atomic E-state index is 15.8. The number of phosphoric acid groups is 1. The summed E-state index contributed by atoms with van der Waals surface area (Å²) in [6.45, 7) is 9.11. The van der Waals surface area contributed by atoms with Crippen molar-refractivity contribution in [2.75, 3.05) is 0 Å². The first-order valence-electron chi connectivity index (χ1n) is 15.0. The van der Waals surface area contributed by atoms with Crippen molar-refractivity contribution in [3.63, 3.8) is 0 Å². The van der Waals surface area contributed by atoms with Crippen LogP contribution < -0.4 is 13.6 Å². The number of aliphatic hydroxyl groups is 3. The molecule has 0 saturated heterocycles. The predicted octanol–water partition coefficient (Wildman–Crippen LogP) is 7.60. The largest absolute Gasteiger partial charge is 0.647 e. The van der Waals surface area contributed by atoms with Gasteiger partial charge >= 0.3 is 7.82 Å². The van der Waals surface area contributed by atoms with Crippen LogP contribution in [0.3, 0.4) is 0 Å². The van der Waals surface area contributed by atoms with Crippen LogP contribution in [0.4, 0.5) is 13.2 Å². The second kappa shape index (κ2) is 15.3. The maximum Gasteiger partial charge on any atom is 0.647 e. The topological polar surface area (TPSA) is 105 Å². The van der Waals surface area contributed by atoms with Crippen molar-refractivity contribution >= 4 is 7.82 Å². The number of hydrogen-bond acceptors (Lipinski definition) is 7. The zero-order valence-electron chi connectivity index (χ0n) is 26.2. The molecule has 0 aliphatic carbocycles. The first-order chi connectivity index (χ1) is 21.0. The van der Waals surface area contributed by atoms with Gasteiger partial charge in [0.15, 0.2) is 34.7 Å². The molecular weight excluding hydrogens is 596 g/mol. The highest BCUT2D eigenvalue weighted by Crippen LogP contribution is 2.53. The van der Waals surface area contributed by atoms with Gasteiger partial charge in [0, 0.05) is 0 Å². The molecule has 3 N–H and O–H groups in total. The van der Waals surface area contributed by atoms with E-state index in [2.05, 4.69) is 0 Å². The summed E-state index contributed by atoms with van der Waals surface area (Å²) in [4.78, 5) is 0. The molecular formula is C33H42F3O7P. The van der Waals surface area contributed by atoms with Gasteiger partial charge in [-0.15, -0.1) is 0 Å². The molecule has 0 bridgehead atoms. The fraction of sp³-hybridized carbons (Fsp3) is 0.455. The van der Waals surface area contributed by atoms with Gasteiger partial charge in [-0.1, -0.05) is 41.5 Å². The van der Waals surface area contributed by atoms with Crippen molar-refractivity contribution in [2.45, 2.75) is 99.9 Å². The first-order valence-corrected chi connectivity index (χ1v) is 16.5. The van der Waals surface area contributed by atoms with Gasteiger partial charge in [0.1, 0.15) is 0 Å². The van der Waals surface area contributed by atoms with Gasteiger partial charge in [-0.25, -0.2) is 13.2 Å². The Morgan fingerprint density at radius 3 is 0.932 bits per heavy atom. The van der Waals surface area contributed by atoms with E-state index < -0.39 is 62.3 Å². The predicted molar refractivity (Wildman–Crippen MR) is 163 cm³/mol. The second-order valence-electron chi connectivity index (χ2n) is 10.2. The van der Waals surface area contributed by atoms with Crippen molar-refractivity contribution in [3.8, 4) is 17.2 Å². The third kappa shape index (κ3) is 6.94. The van der Waals surface area contributed by atoms with Crippen molar-refractivity contribution in [1.29, 1.82) is 0 Å². The van der Waals surface area contributed by atoms with Gasteiger partial charge in [0.05, 0.1) is 19.8 Å². The third-order valence-corrected chi connectivity index (χ3v) is 9.18. The molecule has 3 aromatic rings. The summed E-state index contributed by atoms with van der Waals surface area (Å²) < 4.78 is 78.9. The van der Waals surface area contributed by atoms with Crippen molar-refractivity contribution in [2.24, 2.45) is 0 Å². The van der Waals surface area contributed by atoms with Crippen LogP contribution in [0.5, 0.6) is 17.2 Å². The number of rotatable bonds is 15. The Kier molecular flexibility index (Phi) is 12.3. The summed E-state index contributed by atoms with van der Waals surface area (Å²) >= 11 is 0. The molecule has 0 unspecified atom stereocenters. The Morgan fingerprint density at radius 1 is 0.500 bits per heavy atom. The SMILES string of the molecule is CCc1cc(OP(=O)(Oc2cc(CC)c(CO)c(CC)c2F)Oc2cc(CC)c(CO)c(CC)c2F)c(F)c(CC)c1CO. The Balaban J connectivity index is 2.30. The van der Waals surface area contributed by atoms with Gasteiger partial charge in [-0.2, -0.15) is 4.57 Å². The summed E-state index contributed by atoms with van der Waals surface area (Å²) in [7, 11) is -5.13. The lowest BCUT2D eigenvalue weighted by molar-refractivity contribution is 0.272. The highest BCUT2D eigenvalue weighted by Gasteiger charge is 2.38. The molecule has 0 aliphatic heterocycles. The summed E-state index contributed by atoms with van der Waals surface area (Å²) in [6, 6.07) is 3.79. The molecule has 11 heteroatoms. The number of aryl methyl sites for hydroxylation is 3. The average molecular weight is 639 g/mol. The van der Waals surface area contributed by atoms with E-state index in [1.54, 1.807) is 41.5 Å². The molecule has 0 atom stereocenters. The molecule has 0 heterocycles. The van der Waals surface area contributed by atoms with Crippen LogP contribution in [-0.4, -0.2) is 15.3 Å². The molecule has 0 spiro atoms. The zero-order chi connectivity index (χ0) is 32.8. The lowest BCUT2D eigenvalue weighted by Gasteiger charge is -2.24. The van der Waals surface area contributed by atoms with Crippen LogP contribution in [0.2, 0.25) is 0 Å². The molecule has 0 fully saturated rings. The molecule has 0 saturated carbocycles. The Hall–Kier alpha value is -3.04. The normalized spacial score (nSPS) is 11.6. The average Bonchev–Trinajstić information content (AvgIpc) is 3.02. The number of phosphoric ester groups is 1. The molecule has 3 aromatic carbocycles. The molecule has 242 valence electrons. The quantitative estimate of drug-likeness (QED) is 0.147. The Bertz CT molecular complexity index is 1360. The number of benzene rings is 3. The van der Waals surface area contributed by atoms with Gasteiger partial charge in [0.2, 0.25) is 0 Å². The van der Waals surface area contributed by atoms with Crippen molar-refractivity contribution < 1.29 is 46.6 Å². The fourth-order valence-electron chi connectivity index (χ4n) is 5.61. The van der Waals surface area contributed by atoms with Gasteiger partial charge < -0.3 is 28.9 Å². The summed E-state index contributed by atoms with van der Waals surface area (Å²) in [5, 5.41) is 29.7. The van der Waals surface area contributed by atoms with E-state index >= 15 is 13.2 Å². The standard InChI is InChI=1S/C33H42F3O7P/c1-7-19-13-28(31(34)22(10-4)25(19)16-37)41-44(40,42-29-14-20(8-2)26(17-38)23(11-5)32(29)35)43-30-15-21(9-3)27(18-39)24(12-6)33(30)36/h13-15,37-39H,7-12,16-18H2,1-6H3. The van der Waals surface area contributed by atoms with Crippen molar-refractivity contribution in [1.82, 2.24) is 0 Å². The summed E-state index contributed by atoms with van der Waals surface area (Å²) in [6.07, 6.45) is 1.64. The molecule has 3 rings (SSSR count). The number of aliphatic hydroxyl groups excluding tert-OH is 3. The van der Waals surface area contributed by atoms with E-state index in [1.165, 1.54) is 18.2 Å². The first kappa shape index (κ1) is 35.4. The van der Waals surface area contributed by atoms with E-state index in [0.29, 0.717) is 52.6 Å². The summed E-state index contributed by atoms with van der Waals surface area (Å²) in [5.74, 6) is -4.34. The minimum atomic E-state index is -5.13. The minimum absolute atomic E-state index is 0.133. The van der Waals surface area contributed by atoms with Crippen LogP contribution in [0.25, 0.3) is 0 Å². The molecule has 0 aromatic heterocycles. The van der Waals surface area contributed by atoms with Gasteiger partial charge in [-0.05, 0) is 107 Å². The Labute approximate surface area is 257 Å². The smallest absolute Gasteiger partial charge is 0.392 e. The highest BCUT2D eigenvalue weighted by atomic mass is 31.2. The minimum Gasteiger partial charge on any atom is -0.392 e. The van der Waals surface area contributed by atoms with Crippen LogP contribution in [0, 0.1) is 17.5 Å². The molecule has 44 heavy (non-hydrogen) atoms. The van der Waals surface area contributed by atoms with Gasteiger partial charge in [-0.3, -0.25) is 0 Å². The molecule has 7 nitrogen and oxygen atoms in total. The molecule has 0 amide bonds. The van der Waals surface area contributed by atoms with E-state index in [1.807, 2.05) is 0 Å². The number of hydrogen-bond donors (Lipinski definition) is 3. The van der Waals surface area contributed by atoms with E-state index in [0.717, 1.165) is 0 Å². The van der Waals surface area contributed by atoms with Gasteiger partial charge in [0.25, 0.3) is 0 Å². The lowest BCUT2D eigenvalue weighted by atomic mass is 9.97. The third-order valence-electron chi connectivity index (χ3n) is 7.92.